The van der Waals surface area contributed by atoms with Crippen LogP contribution in [0.15, 0.2) is 11.1 Å². The lowest BCUT2D eigenvalue weighted by molar-refractivity contribution is -0.122. The lowest BCUT2D eigenvalue weighted by atomic mass is 10.2. The van der Waals surface area contributed by atoms with Crippen molar-refractivity contribution in [2.24, 2.45) is 12.2 Å². The summed E-state index contributed by atoms with van der Waals surface area (Å²) in [7, 11) is -2.48. The van der Waals surface area contributed by atoms with E-state index >= 15 is 0 Å². The number of hydrogen-bond donors (Lipinski definition) is 3. The summed E-state index contributed by atoms with van der Waals surface area (Å²) in [6, 6.07) is -0.678. The smallest absolute Gasteiger partial charge is 0.248 e. The van der Waals surface area contributed by atoms with Crippen LogP contribution >= 0.6 is 0 Å². The summed E-state index contributed by atoms with van der Waals surface area (Å²) in [4.78, 5) is 22.6. The molecule has 104 valence electrons. The molecule has 0 aliphatic carbocycles. The van der Waals surface area contributed by atoms with Gasteiger partial charge in [0.25, 0.3) is 0 Å². The molecule has 0 radical (unpaired) electrons. The molecule has 0 spiro atoms. The number of aryl methyl sites for hydroxylation is 1. The Kier molecular flexibility index (Phi) is 3.28. The predicted molar refractivity (Wildman–Crippen MR) is 64.4 cm³/mol. The van der Waals surface area contributed by atoms with E-state index in [1.807, 2.05) is 0 Å². The SMILES string of the molecule is Cn1cc(S(N)(=O)=O)c(NC(=O)[C@H]2CCC(=O)N2)n1. The van der Waals surface area contributed by atoms with E-state index in [1.54, 1.807) is 0 Å². The summed E-state index contributed by atoms with van der Waals surface area (Å²) in [6.45, 7) is 0. The van der Waals surface area contributed by atoms with Crippen molar-refractivity contribution >= 4 is 27.7 Å². The van der Waals surface area contributed by atoms with Gasteiger partial charge < -0.3 is 10.6 Å². The average Bonchev–Trinajstić information content (AvgIpc) is 2.84. The van der Waals surface area contributed by atoms with Crippen LogP contribution in [0.4, 0.5) is 5.82 Å². The topological polar surface area (TPSA) is 136 Å². The first-order valence-corrected chi connectivity index (χ1v) is 6.98. The Bertz CT molecular complexity index is 635. The number of nitrogens with one attached hydrogen (secondary N) is 2. The maximum Gasteiger partial charge on any atom is 0.248 e. The number of sulfonamides is 1. The monoisotopic (exact) mass is 287 g/mol. The van der Waals surface area contributed by atoms with Crippen LogP contribution in [0.1, 0.15) is 12.8 Å². The highest BCUT2D eigenvalue weighted by Crippen LogP contribution is 2.18. The lowest BCUT2D eigenvalue weighted by Gasteiger charge is -2.09. The Morgan fingerprint density at radius 2 is 2.32 bits per heavy atom. The molecule has 2 rings (SSSR count). The van der Waals surface area contributed by atoms with Crippen LogP contribution in [0.25, 0.3) is 0 Å². The number of nitrogens with zero attached hydrogens (tertiary/aromatic N) is 2. The zero-order chi connectivity index (χ0) is 14.2. The van der Waals surface area contributed by atoms with Crippen molar-refractivity contribution in [2.75, 3.05) is 5.32 Å². The molecule has 1 saturated heterocycles. The number of anilines is 1. The van der Waals surface area contributed by atoms with Crippen LogP contribution in [-0.2, 0) is 26.7 Å². The second-order valence-corrected chi connectivity index (χ2v) is 5.74. The molecule has 4 N–H and O–H groups in total. The largest absolute Gasteiger partial charge is 0.344 e. The maximum absolute atomic E-state index is 11.8. The van der Waals surface area contributed by atoms with Crippen LogP contribution < -0.4 is 15.8 Å². The van der Waals surface area contributed by atoms with Gasteiger partial charge in [0.15, 0.2) is 5.82 Å². The number of primary sulfonamides is 1. The molecule has 1 fully saturated rings. The number of nitrogens with two attached hydrogens (primary N) is 1. The molecule has 10 heteroatoms. The van der Waals surface area contributed by atoms with Crippen LogP contribution in [0, 0.1) is 0 Å². The Labute approximate surface area is 109 Å². The van der Waals surface area contributed by atoms with Gasteiger partial charge in [0.1, 0.15) is 10.9 Å². The molecule has 19 heavy (non-hydrogen) atoms. The molecule has 1 aromatic heterocycles. The molecule has 0 bridgehead atoms. The van der Waals surface area contributed by atoms with Crippen molar-refractivity contribution in [1.29, 1.82) is 0 Å². The van der Waals surface area contributed by atoms with Gasteiger partial charge in [-0.2, -0.15) is 5.10 Å². The minimum atomic E-state index is -3.98. The fourth-order valence-electron chi connectivity index (χ4n) is 1.78. The van der Waals surface area contributed by atoms with Crippen LogP contribution in [0.2, 0.25) is 0 Å². The molecule has 1 atom stereocenters. The number of amides is 2. The van der Waals surface area contributed by atoms with Gasteiger partial charge in [0, 0.05) is 19.7 Å². The van der Waals surface area contributed by atoms with Gasteiger partial charge in [-0.1, -0.05) is 0 Å². The molecule has 1 aliphatic heterocycles. The van der Waals surface area contributed by atoms with E-state index in [1.165, 1.54) is 17.9 Å². The molecule has 1 aromatic rings. The summed E-state index contributed by atoms with van der Waals surface area (Å²) < 4.78 is 23.9. The van der Waals surface area contributed by atoms with E-state index in [-0.39, 0.29) is 23.0 Å². The third-order valence-corrected chi connectivity index (χ3v) is 3.57. The third kappa shape index (κ3) is 2.90. The zero-order valence-electron chi connectivity index (χ0n) is 10.1. The number of rotatable bonds is 3. The molecule has 0 saturated carbocycles. The van der Waals surface area contributed by atoms with Crippen molar-refractivity contribution < 1.29 is 18.0 Å². The highest BCUT2D eigenvalue weighted by atomic mass is 32.2. The van der Waals surface area contributed by atoms with Crippen LogP contribution in [0.3, 0.4) is 0 Å². The minimum absolute atomic E-state index is 0.142. The van der Waals surface area contributed by atoms with E-state index in [2.05, 4.69) is 15.7 Å². The summed E-state index contributed by atoms with van der Waals surface area (Å²) in [5, 5.41) is 13.7. The average molecular weight is 287 g/mol. The van der Waals surface area contributed by atoms with Crippen molar-refractivity contribution in [2.45, 2.75) is 23.8 Å². The normalized spacial score (nSPS) is 19.3. The van der Waals surface area contributed by atoms with Gasteiger partial charge in [0.2, 0.25) is 21.8 Å². The third-order valence-electron chi connectivity index (χ3n) is 2.66. The molecular weight excluding hydrogens is 274 g/mol. The molecule has 9 nitrogen and oxygen atoms in total. The van der Waals surface area contributed by atoms with Gasteiger partial charge in [-0.05, 0) is 6.42 Å². The molecule has 1 aliphatic rings. The predicted octanol–water partition coefficient (Wildman–Crippen LogP) is -1.72. The van der Waals surface area contributed by atoms with E-state index in [0.29, 0.717) is 6.42 Å². The Morgan fingerprint density at radius 1 is 1.63 bits per heavy atom. The van der Waals surface area contributed by atoms with E-state index in [4.69, 9.17) is 5.14 Å². The molecule has 2 heterocycles. The molecular formula is C9H13N5O4S. The van der Waals surface area contributed by atoms with Gasteiger partial charge in [-0.3, -0.25) is 14.3 Å². The summed E-state index contributed by atoms with van der Waals surface area (Å²) in [5.74, 6) is -0.876. The first-order valence-electron chi connectivity index (χ1n) is 5.44. The Morgan fingerprint density at radius 3 is 2.84 bits per heavy atom. The fraction of sp³-hybridized carbons (Fsp3) is 0.444. The molecule has 0 aromatic carbocycles. The second kappa shape index (κ2) is 4.63. The molecule has 2 amide bonds. The Hall–Kier alpha value is -1.94. The summed E-state index contributed by atoms with van der Waals surface area (Å²) in [5.41, 5.74) is 0. The maximum atomic E-state index is 11.8. The van der Waals surface area contributed by atoms with Crippen molar-refractivity contribution in [1.82, 2.24) is 15.1 Å². The summed E-state index contributed by atoms with van der Waals surface area (Å²) >= 11 is 0. The van der Waals surface area contributed by atoms with Gasteiger partial charge in [0.05, 0.1) is 0 Å². The summed E-state index contributed by atoms with van der Waals surface area (Å²) in [6.07, 6.45) is 1.82. The van der Waals surface area contributed by atoms with Gasteiger partial charge >= 0.3 is 0 Å². The highest BCUT2D eigenvalue weighted by Gasteiger charge is 2.29. The number of hydrogen-bond acceptors (Lipinski definition) is 5. The van der Waals surface area contributed by atoms with Gasteiger partial charge in [-0.15, -0.1) is 0 Å². The lowest BCUT2D eigenvalue weighted by Crippen LogP contribution is -2.37. The number of aromatic nitrogens is 2. The standard InChI is InChI=1S/C9H13N5O4S/c1-14-4-6(19(10,17)18)8(13-14)12-9(16)5-2-3-7(15)11-5/h4-5H,2-3H2,1H3,(H,11,15)(H2,10,17,18)(H,12,13,16)/t5-/m1/s1. The first kappa shape index (κ1) is 13.5. The van der Waals surface area contributed by atoms with Crippen LogP contribution in [-0.4, -0.2) is 36.1 Å². The zero-order valence-corrected chi connectivity index (χ0v) is 10.9. The van der Waals surface area contributed by atoms with Crippen LogP contribution in [0.5, 0.6) is 0 Å². The molecule has 0 unspecified atom stereocenters. The van der Waals surface area contributed by atoms with E-state index in [0.717, 1.165) is 0 Å². The fourth-order valence-corrected chi connectivity index (χ4v) is 2.44. The minimum Gasteiger partial charge on any atom is -0.344 e. The number of carbonyl (C=O) groups is 2. The van der Waals surface area contributed by atoms with Crippen molar-refractivity contribution in [3.63, 3.8) is 0 Å². The number of carbonyl (C=O) groups excluding carboxylic acids is 2. The second-order valence-electron chi connectivity index (χ2n) is 4.21. The highest BCUT2D eigenvalue weighted by molar-refractivity contribution is 7.89. The quantitative estimate of drug-likeness (QED) is 0.607. The van der Waals surface area contributed by atoms with Gasteiger partial charge in [-0.25, -0.2) is 13.6 Å². The first-order chi connectivity index (χ1) is 8.77. The van der Waals surface area contributed by atoms with E-state index < -0.39 is 22.0 Å². The van der Waals surface area contributed by atoms with Crippen molar-refractivity contribution in [3.8, 4) is 0 Å². The Balaban J connectivity index is 2.20. The van der Waals surface area contributed by atoms with Crippen molar-refractivity contribution in [3.05, 3.63) is 6.20 Å². The van der Waals surface area contributed by atoms with E-state index in [9.17, 15) is 18.0 Å².